The predicted molar refractivity (Wildman–Crippen MR) is 111 cm³/mol. The fraction of sp³-hybridized carbons (Fsp3) is 0.130. The Hall–Kier alpha value is -3.60. The lowest BCUT2D eigenvalue weighted by Gasteiger charge is -2.15. The number of amides is 3. The summed E-state index contributed by atoms with van der Waals surface area (Å²) in [5.41, 5.74) is 9.84. The lowest BCUT2D eigenvalue weighted by Crippen LogP contribution is -2.28. The van der Waals surface area contributed by atoms with E-state index in [0.717, 1.165) is 22.3 Å². The summed E-state index contributed by atoms with van der Waals surface area (Å²) in [6.07, 6.45) is 0. The highest BCUT2D eigenvalue weighted by Gasteiger charge is 2.12. The first-order chi connectivity index (χ1) is 13.5. The van der Waals surface area contributed by atoms with Gasteiger partial charge < -0.3 is 16.4 Å². The largest absolute Gasteiger partial charge is 0.352 e. The van der Waals surface area contributed by atoms with E-state index in [0.29, 0.717) is 12.1 Å². The van der Waals surface area contributed by atoms with Gasteiger partial charge in [0.1, 0.15) is 0 Å². The van der Waals surface area contributed by atoms with Gasteiger partial charge in [0.05, 0.1) is 6.04 Å². The van der Waals surface area contributed by atoms with E-state index in [-0.39, 0.29) is 11.9 Å². The van der Waals surface area contributed by atoms with Crippen LogP contribution >= 0.6 is 0 Å². The summed E-state index contributed by atoms with van der Waals surface area (Å²) in [5, 5.41) is 5.53. The van der Waals surface area contributed by atoms with Gasteiger partial charge in [0, 0.05) is 12.1 Å². The molecule has 5 nitrogen and oxygen atoms in total. The average molecular weight is 373 g/mol. The third-order valence-electron chi connectivity index (χ3n) is 4.55. The molecule has 3 amide bonds. The number of urea groups is 1. The average Bonchev–Trinajstić information content (AvgIpc) is 2.73. The molecule has 0 radical (unpaired) electrons. The van der Waals surface area contributed by atoms with E-state index < -0.39 is 6.03 Å². The van der Waals surface area contributed by atoms with Crippen LogP contribution in [0.2, 0.25) is 0 Å². The van der Waals surface area contributed by atoms with E-state index in [9.17, 15) is 9.59 Å². The lowest BCUT2D eigenvalue weighted by atomic mass is 10.0. The van der Waals surface area contributed by atoms with Crippen LogP contribution in [0.4, 0.5) is 4.79 Å². The summed E-state index contributed by atoms with van der Waals surface area (Å²) in [7, 11) is 0. The Kier molecular flexibility index (Phi) is 6.07. The third-order valence-corrected chi connectivity index (χ3v) is 4.55. The van der Waals surface area contributed by atoms with Crippen LogP contribution in [0.1, 0.15) is 34.5 Å². The van der Waals surface area contributed by atoms with Crippen molar-refractivity contribution < 1.29 is 9.59 Å². The first kappa shape index (κ1) is 19.2. The normalized spacial score (nSPS) is 11.5. The second-order valence-corrected chi connectivity index (χ2v) is 6.60. The second-order valence-electron chi connectivity index (χ2n) is 6.60. The van der Waals surface area contributed by atoms with Gasteiger partial charge in [0.25, 0.3) is 5.91 Å². The molecule has 0 bridgehead atoms. The molecule has 1 atom stereocenters. The maximum Gasteiger partial charge on any atom is 0.312 e. The van der Waals surface area contributed by atoms with Crippen molar-refractivity contribution in [1.29, 1.82) is 0 Å². The summed E-state index contributed by atoms with van der Waals surface area (Å²) in [4.78, 5) is 23.2. The summed E-state index contributed by atoms with van der Waals surface area (Å²) in [5.74, 6) is -0.144. The Balaban J connectivity index is 1.61. The molecule has 3 aromatic carbocycles. The van der Waals surface area contributed by atoms with Crippen molar-refractivity contribution in [3.8, 4) is 11.1 Å². The number of carbonyl (C=O) groups excluding carboxylic acids is 2. The number of hydrogen-bond donors (Lipinski definition) is 3. The Morgan fingerprint density at radius 3 is 2.07 bits per heavy atom. The molecule has 0 aromatic heterocycles. The van der Waals surface area contributed by atoms with Gasteiger partial charge in [0.2, 0.25) is 0 Å². The Bertz CT molecular complexity index is 936. The summed E-state index contributed by atoms with van der Waals surface area (Å²) in [6, 6.07) is 24.7. The maximum atomic E-state index is 12.5. The fourth-order valence-corrected chi connectivity index (χ4v) is 2.92. The number of hydrogen-bond acceptors (Lipinski definition) is 2. The molecule has 28 heavy (non-hydrogen) atoms. The zero-order chi connectivity index (χ0) is 19.9. The van der Waals surface area contributed by atoms with Gasteiger partial charge in [0.15, 0.2) is 0 Å². The highest BCUT2D eigenvalue weighted by molar-refractivity contribution is 5.94. The van der Waals surface area contributed by atoms with Gasteiger partial charge in [-0.2, -0.15) is 0 Å². The molecule has 0 heterocycles. The van der Waals surface area contributed by atoms with Crippen LogP contribution in [0, 0.1) is 0 Å². The van der Waals surface area contributed by atoms with Crippen LogP contribution in [0.5, 0.6) is 0 Å². The number of nitrogens with two attached hydrogens (primary N) is 1. The Morgan fingerprint density at radius 2 is 1.46 bits per heavy atom. The van der Waals surface area contributed by atoms with Crippen molar-refractivity contribution in [2.75, 3.05) is 0 Å². The summed E-state index contributed by atoms with van der Waals surface area (Å²) in [6.45, 7) is 2.29. The minimum atomic E-state index is -0.575. The van der Waals surface area contributed by atoms with Crippen molar-refractivity contribution in [2.45, 2.75) is 19.5 Å². The van der Waals surface area contributed by atoms with E-state index >= 15 is 0 Å². The van der Waals surface area contributed by atoms with Gasteiger partial charge in [-0.1, -0.05) is 66.7 Å². The van der Waals surface area contributed by atoms with Crippen LogP contribution in [0.3, 0.4) is 0 Å². The number of nitrogens with one attached hydrogen (secondary N) is 2. The van der Waals surface area contributed by atoms with Crippen molar-refractivity contribution >= 4 is 11.9 Å². The Morgan fingerprint density at radius 1 is 0.857 bits per heavy atom. The molecular weight excluding hydrogens is 350 g/mol. The maximum absolute atomic E-state index is 12.5. The molecular formula is C23H23N3O2. The molecule has 3 rings (SSSR count). The fourth-order valence-electron chi connectivity index (χ4n) is 2.92. The van der Waals surface area contributed by atoms with Gasteiger partial charge in [-0.15, -0.1) is 0 Å². The second kappa shape index (κ2) is 8.86. The molecule has 0 saturated heterocycles. The first-order valence-corrected chi connectivity index (χ1v) is 9.11. The van der Waals surface area contributed by atoms with Crippen molar-refractivity contribution in [1.82, 2.24) is 10.6 Å². The monoisotopic (exact) mass is 373 g/mol. The summed E-state index contributed by atoms with van der Waals surface area (Å²) >= 11 is 0. The highest BCUT2D eigenvalue weighted by atomic mass is 16.2. The van der Waals surface area contributed by atoms with E-state index in [1.165, 1.54) is 0 Å². The topological polar surface area (TPSA) is 84.2 Å². The number of primary amides is 1. The predicted octanol–water partition coefficient (Wildman–Crippen LogP) is 4.01. The van der Waals surface area contributed by atoms with E-state index in [2.05, 4.69) is 34.9 Å². The zero-order valence-corrected chi connectivity index (χ0v) is 15.7. The molecule has 0 spiro atoms. The van der Waals surface area contributed by atoms with Crippen LogP contribution < -0.4 is 16.4 Å². The molecule has 5 heteroatoms. The third kappa shape index (κ3) is 4.98. The minimum absolute atomic E-state index is 0.117. The molecule has 0 aliphatic rings. The van der Waals surface area contributed by atoms with E-state index in [1.807, 2.05) is 37.3 Å². The molecule has 4 N–H and O–H groups in total. The minimum Gasteiger partial charge on any atom is -0.352 e. The van der Waals surface area contributed by atoms with E-state index in [4.69, 9.17) is 5.73 Å². The van der Waals surface area contributed by atoms with E-state index in [1.54, 1.807) is 24.3 Å². The zero-order valence-electron chi connectivity index (χ0n) is 15.7. The van der Waals surface area contributed by atoms with Crippen molar-refractivity contribution in [2.24, 2.45) is 5.73 Å². The first-order valence-electron chi connectivity index (χ1n) is 9.11. The number of benzene rings is 3. The SMILES string of the molecule is CC(NC(=O)c1ccc(CNC(N)=O)cc1)c1ccc(-c2ccccc2)cc1. The van der Waals surface area contributed by atoms with Gasteiger partial charge in [-0.3, -0.25) is 4.79 Å². The molecule has 1 unspecified atom stereocenters. The molecule has 0 fully saturated rings. The molecule has 0 saturated carbocycles. The van der Waals surface area contributed by atoms with Crippen LogP contribution in [-0.2, 0) is 6.54 Å². The van der Waals surface area contributed by atoms with Gasteiger partial charge in [-0.05, 0) is 41.3 Å². The molecule has 0 aliphatic carbocycles. The van der Waals surface area contributed by atoms with Gasteiger partial charge in [-0.25, -0.2) is 4.79 Å². The highest BCUT2D eigenvalue weighted by Crippen LogP contribution is 2.22. The van der Waals surface area contributed by atoms with Crippen molar-refractivity contribution in [3.05, 3.63) is 95.6 Å². The van der Waals surface area contributed by atoms with Crippen LogP contribution in [0.25, 0.3) is 11.1 Å². The number of carbonyl (C=O) groups is 2. The molecule has 142 valence electrons. The van der Waals surface area contributed by atoms with Crippen LogP contribution in [0.15, 0.2) is 78.9 Å². The molecule has 3 aromatic rings. The van der Waals surface area contributed by atoms with Crippen LogP contribution in [-0.4, -0.2) is 11.9 Å². The van der Waals surface area contributed by atoms with Gasteiger partial charge >= 0.3 is 6.03 Å². The lowest BCUT2D eigenvalue weighted by molar-refractivity contribution is 0.0940. The standard InChI is InChI=1S/C23H23N3O2/c1-16(18-11-13-20(14-12-18)19-5-3-2-4-6-19)26-22(27)21-9-7-17(8-10-21)15-25-23(24)28/h2-14,16H,15H2,1H3,(H,26,27)(H3,24,25,28). The summed E-state index contributed by atoms with van der Waals surface area (Å²) < 4.78 is 0. The quantitative estimate of drug-likeness (QED) is 0.610. The number of rotatable bonds is 6. The smallest absolute Gasteiger partial charge is 0.312 e. The van der Waals surface area contributed by atoms with Crippen molar-refractivity contribution in [3.63, 3.8) is 0 Å². The Labute approximate surface area is 164 Å². The molecule has 0 aliphatic heterocycles.